The van der Waals surface area contributed by atoms with Crippen molar-refractivity contribution in [2.24, 2.45) is 5.92 Å². The molecule has 0 radical (unpaired) electrons. The summed E-state index contributed by atoms with van der Waals surface area (Å²) in [6.45, 7) is 10.9. The summed E-state index contributed by atoms with van der Waals surface area (Å²) in [7, 11) is 4.32. The van der Waals surface area contributed by atoms with Gasteiger partial charge < -0.3 is 15.1 Å². The van der Waals surface area contributed by atoms with Gasteiger partial charge in [0.1, 0.15) is 0 Å². The van der Waals surface area contributed by atoms with Gasteiger partial charge in [-0.2, -0.15) is 0 Å². The number of rotatable bonds is 5. The zero-order valence-corrected chi connectivity index (χ0v) is 12.2. The molecule has 0 saturated carbocycles. The van der Waals surface area contributed by atoms with Gasteiger partial charge in [0.05, 0.1) is 0 Å². The van der Waals surface area contributed by atoms with Gasteiger partial charge in [0.2, 0.25) is 0 Å². The van der Waals surface area contributed by atoms with Crippen molar-refractivity contribution in [3.63, 3.8) is 0 Å². The Labute approximate surface area is 108 Å². The Hall–Kier alpha value is -0.120. The second-order valence-corrected chi connectivity index (χ2v) is 6.01. The Morgan fingerprint density at radius 3 is 2.71 bits per heavy atom. The maximum absolute atomic E-state index is 3.60. The highest BCUT2D eigenvalue weighted by molar-refractivity contribution is 4.73. The fourth-order valence-electron chi connectivity index (χ4n) is 2.44. The molecule has 0 amide bonds. The fourth-order valence-corrected chi connectivity index (χ4v) is 2.44. The predicted molar refractivity (Wildman–Crippen MR) is 75.5 cm³/mol. The highest BCUT2D eigenvalue weighted by Crippen LogP contribution is 2.08. The van der Waals surface area contributed by atoms with Crippen LogP contribution in [0, 0.1) is 5.92 Å². The SMILES string of the molecule is CC1CNC(C)CCN(CCCCN(C)C)C1. The number of nitrogens with one attached hydrogen (secondary N) is 1. The van der Waals surface area contributed by atoms with Gasteiger partial charge in [0, 0.05) is 12.6 Å². The van der Waals surface area contributed by atoms with E-state index in [2.05, 4.69) is 43.1 Å². The summed E-state index contributed by atoms with van der Waals surface area (Å²) >= 11 is 0. The van der Waals surface area contributed by atoms with Crippen LogP contribution in [0.15, 0.2) is 0 Å². The van der Waals surface area contributed by atoms with Crippen LogP contribution in [0.2, 0.25) is 0 Å². The van der Waals surface area contributed by atoms with Gasteiger partial charge >= 0.3 is 0 Å². The maximum atomic E-state index is 3.60. The van der Waals surface area contributed by atoms with Crippen molar-refractivity contribution >= 4 is 0 Å². The number of hydrogen-bond donors (Lipinski definition) is 1. The van der Waals surface area contributed by atoms with Gasteiger partial charge in [0.15, 0.2) is 0 Å². The number of hydrogen-bond acceptors (Lipinski definition) is 3. The first-order valence-electron chi connectivity index (χ1n) is 7.18. The first-order valence-corrected chi connectivity index (χ1v) is 7.18. The van der Waals surface area contributed by atoms with E-state index in [4.69, 9.17) is 0 Å². The lowest BCUT2D eigenvalue weighted by Crippen LogP contribution is -2.42. The molecule has 1 aliphatic heterocycles. The second-order valence-electron chi connectivity index (χ2n) is 6.01. The van der Waals surface area contributed by atoms with E-state index in [0.717, 1.165) is 5.92 Å². The normalized spacial score (nSPS) is 28.1. The summed E-state index contributed by atoms with van der Waals surface area (Å²) in [5, 5.41) is 3.60. The van der Waals surface area contributed by atoms with Crippen LogP contribution >= 0.6 is 0 Å². The van der Waals surface area contributed by atoms with E-state index in [-0.39, 0.29) is 0 Å². The molecule has 1 aliphatic rings. The number of unbranched alkanes of at least 4 members (excludes halogenated alkanes) is 1. The van der Waals surface area contributed by atoms with E-state index < -0.39 is 0 Å². The predicted octanol–water partition coefficient (Wildman–Crippen LogP) is 1.65. The van der Waals surface area contributed by atoms with Gasteiger partial charge in [-0.15, -0.1) is 0 Å². The molecule has 1 saturated heterocycles. The molecule has 1 rings (SSSR count). The lowest BCUT2D eigenvalue weighted by molar-refractivity contribution is 0.196. The van der Waals surface area contributed by atoms with Gasteiger partial charge in [-0.3, -0.25) is 0 Å². The van der Waals surface area contributed by atoms with Gasteiger partial charge in [0.25, 0.3) is 0 Å². The van der Waals surface area contributed by atoms with Gasteiger partial charge in [-0.05, 0) is 72.4 Å². The zero-order valence-electron chi connectivity index (χ0n) is 12.2. The van der Waals surface area contributed by atoms with E-state index in [9.17, 15) is 0 Å². The van der Waals surface area contributed by atoms with Gasteiger partial charge in [-0.1, -0.05) is 6.92 Å². The summed E-state index contributed by atoms with van der Waals surface area (Å²) in [5.41, 5.74) is 0. The van der Waals surface area contributed by atoms with Crippen molar-refractivity contribution in [2.45, 2.75) is 39.2 Å². The summed E-state index contributed by atoms with van der Waals surface area (Å²) < 4.78 is 0. The third-order valence-corrected chi connectivity index (χ3v) is 3.59. The van der Waals surface area contributed by atoms with Gasteiger partial charge in [-0.25, -0.2) is 0 Å². The molecule has 0 aliphatic carbocycles. The third-order valence-electron chi connectivity index (χ3n) is 3.59. The number of nitrogens with zero attached hydrogens (tertiary/aromatic N) is 2. The van der Waals surface area contributed by atoms with Crippen LogP contribution in [-0.2, 0) is 0 Å². The average molecular weight is 241 g/mol. The molecule has 2 atom stereocenters. The third kappa shape index (κ3) is 7.02. The molecule has 3 heteroatoms. The fraction of sp³-hybridized carbons (Fsp3) is 1.00. The molecular formula is C14H31N3. The Morgan fingerprint density at radius 2 is 2.00 bits per heavy atom. The molecule has 1 fully saturated rings. The van der Waals surface area contributed by atoms with E-state index in [1.165, 1.54) is 52.0 Å². The summed E-state index contributed by atoms with van der Waals surface area (Å²) in [6, 6.07) is 0.682. The van der Waals surface area contributed by atoms with Crippen LogP contribution in [0.5, 0.6) is 0 Å². The Morgan fingerprint density at radius 1 is 1.24 bits per heavy atom. The topological polar surface area (TPSA) is 18.5 Å². The molecule has 1 heterocycles. The molecule has 0 aromatic heterocycles. The van der Waals surface area contributed by atoms with Crippen LogP contribution in [0.25, 0.3) is 0 Å². The van der Waals surface area contributed by atoms with Crippen LogP contribution in [0.1, 0.15) is 33.1 Å². The van der Waals surface area contributed by atoms with E-state index >= 15 is 0 Å². The molecule has 1 N–H and O–H groups in total. The van der Waals surface area contributed by atoms with Crippen LogP contribution in [0.3, 0.4) is 0 Å². The van der Waals surface area contributed by atoms with Crippen molar-refractivity contribution in [3.8, 4) is 0 Å². The quantitative estimate of drug-likeness (QED) is 0.738. The molecular weight excluding hydrogens is 210 g/mol. The molecule has 0 spiro atoms. The molecule has 2 unspecified atom stereocenters. The van der Waals surface area contributed by atoms with Crippen molar-refractivity contribution in [3.05, 3.63) is 0 Å². The largest absolute Gasteiger partial charge is 0.314 e. The van der Waals surface area contributed by atoms with Crippen LogP contribution in [-0.4, -0.2) is 62.7 Å². The van der Waals surface area contributed by atoms with Crippen molar-refractivity contribution in [1.29, 1.82) is 0 Å². The van der Waals surface area contributed by atoms with E-state index in [1.54, 1.807) is 0 Å². The summed E-state index contributed by atoms with van der Waals surface area (Å²) in [6.07, 6.45) is 3.96. The lowest BCUT2D eigenvalue weighted by atomic mass is 10.1. The molecule has 0 aromatic rings. The van der Waals surface area contributed by atoms with Crippen molar-refractivity contribution in [2.75, 3.05) is 46.8 Å². The zero-order chi connectivity index (χ0) is 12.7. The van der Waals surface area contributed by atoms with Crippen LogP contribution < -0.4 is 5.32 Å². The molecule has 3 nitrogen and oxygen atoms in total. The first kappa shape index (κ1) is 14.9. The van der Waals surface area contributed by atoms with Crippen molar-refractivity contribution < 1.29 is 0 Å². The molecule has 0 aromatic carbocycles. The Kier molecular flexibility index (Phi) is 7.09. The minimum atomic E-state index is 0.682. The lowest BCUT2D eigenvalue weighted by Gasteiger charge is -2.31. The first-order chi connectivity index (χ1) is 8.08. The Bertz CT molecular complexity index is 194. The molecule has 102 valence electrons. The highest BCUT2D eigenvalue weighted by atomic mass is 15.1. The van der Waals surface area contributed by atoms with E-state index in [0.29, 0.717) is 6.04 Å². The molecule has 0 bridgehead atoms. The average Bonchev–Trinajstić information content (AvgIpc) is 2.26. The smallest absolute Gasteiger partial charge is 0.00510 e. The minimum absolute atomic E-state index is 0.682. The summed E-state index contributed by atoms with van der Waals surface area (Å²) in [5.74, 6) is 0.784. The van der Waals surface area contributed by atoms with Crippen LogP contribution in [0.4, 0.5) is 0 Å². The highest BCUT2D eigenvalue weighted by Gasteiger charge is 2.15. The second kappa shape index (κ2) is 8.06. The standard InChI is InChI=1S/C14H31N3/c1-13-11-15-14(2)7-10-17(12-13)9-6-5-8-16(3)4/h13-15H,5-12H2,1-4H3. The Balaban J connectivity index is 2.20. The van der Waals surface area contributed by atoms with E-state index in [1.807, 2.05) is 0 Å². The maximum Gasteiger partial charge on any atom is 0.00510 e. The monoisotopic (exact) mass is 241 g/mol. The minimum Gasteiger partial charge on any atom is -0.314 e. The summed E-state index contributed by atoms with van der Waals surface area (Å²) in [4.78, 5) is 4.94. The van der Waals surface area contributed by atoms with Crippen molar-refractivity contribution in [1.82, 2.24) is 15.1 Å². The molecule has 17 heavy (non-hydrogen) atoms.